The van der Waals surface area contributed by atoms with Gasteiger partial charge in [0.2, 0.25) is 5.91 Å². The molecular formula is C28H30N6O3S. The molecule has 1 aliphatic rings. The normalized spacial score (nSPS) is 14.4. The fourth-order valence-corrected chi connectivity index (χ4v) is 5.82. The summed E-state index contributed by atoms with van der Waals surface area (Å²) in [4.78, 5) is 44.9. The monoisotopic (exact) mass is 530 g/mol. The van der Waals surface area contributed by atoms with Crippen LogP contribution in [0.15, 0.2) is 54.7 Å². The van der Waals surface area contributed by atoms with Crippen LogP contribution in [-0.4, -0.2) is 33.1 Å². The summed E-state index contributed by atoms with van der Waals surface area (Å²) in [6.07, 6.45) is 6.50. The number of primary amides is 1. The predicted octanol–water partition coefficient (Wildman–Crippen LogP) is 4.31. The van der Waals surface area contributed by atoms with Crippen LogP contribution in [0.4, 0.5) is 11.4 Å². The van der Waals surface area contributed by atoms with Gasteiger partial charge in [-0.1, -0.05) is 50.1 Å². The van der Waals surface area contributed by atoms with Crippen molar-refractivity contribution in [2.45, 2.75) is 51.1 Å². The highest BCUT2D eigenvalue weighted by atomic mass is 32.1. The van der Waals surface area contributed by atoms with Crippen LogP contribution >= 0.6 is 11.5 Å². The first-order valence-corrected chi connectivity index (χ1v) is 13.5. The SMILES string of the molecule is CCc1ccc(N(C(=O)c2snc(C(N)=O)c2N)[C@H](C(=O)NC2CCCC2)c2c[nH]c3ccccc23)cc1. The van der Waals surface area contributed by atoms with Crippen molar-refractivity contribution in [3.8, 4) is 0 Å². The van der Waals surface area contributed by atoms with E-state index in [2.05, 4.69) is 14.7 Å². The summed E-state index contributed by atoms with van der Waals surface area (Å²) in [6, 6.07) is 14.2. The first-order valence-electron chi connectivity index (χ1n) is 12.7. The van der Waals surface area contributed by atoms with Crippen molar-refractivity contribution in [1.29, 1.82) is 0 Å². The maximum atomic E-state index is 14.2. The van der Waals surface area contributed by atoms with Crippen molar-refractivity contribution in [3.63, 3.8) is 0 Å². The lowest BCUT2D eigenvalue weighted by atomic mass is 10.0. The van der Waals surface area contributed by atoms with Gasteiger partial charge in [-0.3, -0.25) is 19.3 Å². The van der Waals surface area contributed by atoms with E-state index in [0.29, 0.717) is 11.3 Å². The van der Waals surface area contributed by atoms with E-state index < -0.39 is 17.9 Å². The second kappa shape index (κ2) is 10.7. The lowest BCUT2D eigenvalue weighted by molar-refractivity contribution is -0.123. The van der Waals surface area contributed by atoms with Gasteiger partial charge in [-0.25, -0.2) is 0 Å². The Balaban J connectivity index is 1.68. The zero-order valence-electron chi connectivity index (χ0n) is 21.1. The summed E-state index contributed by atoms with van der Waals surface area (Å²) < 4.78 is 4.03. The predicted molar refractivity (Wildman–Crippen MR) is 149 cm³/mol. The number of aromatic nitrogens is 2. The minimum atomic E-state index is -1.01. The first-order chi connectivity index (χ1) is 18.4. The fraction of sp³-hybridized carbons (Fsp3) is 0.286. The number of H-pyrrole nitrogens is 1. The van der Waals surface area contributed by atoms with Gasteiger partial charge in [0.15, 0.2) is 5.69 Å². The number of nitrogens with one attached hydrogen (secondary N) is 2. The molecule has 2 aromatic carbocycles. The lowest BCUT2D eigenvalue weighted by Crippen LogP contribution is -2.46. The molecule has 2 aromatic heterocycles. The van der Waals surface area contributed by atoms with Gasteiger partial charge in [-0.05, 0) is 54.6 Å². The Morgan fingerprint density at radius 3 is 2.50 bits per heavy atom. The van der Waals surface area contributed by atoms with Crippen molar-refractivity contribution in [2.24, 2.45) is 5.73 Å². The number of hydrogen-bond acceptors (Lipinski definition) is 6. The molecule has 1 atom stereocenters. The zero-order chi connectivity index (χ0) is 26.8. The Hall–Kier alpha value is -4.18. The molecule has 10 heteroatoms. The van der Waals surface area contributed by atoms with Crippen LogP contribution in [0, 0.1) is 0 Å². The minimum absolute atomic E-state index is 0.0459. The van der Waals surface area contributed by atoms with Crippen LogP contribution in [0.1, 0.15) is 69.9 Å². The van der Waals surface area contributed by atoms with E-state index in [9.17, 15) is 14.4 Å². The number of rotatable bonds is 8. The molecular weight excluding hydrogens is 500 g/mol. The molecule has 0 spiro atoms. The highest BCUT2D eigenvalue weighted by Crippen LogP contribution is 2.36. The van der Waals surface area contributed by atoms with Crippen molar-refractivity contribution in [1.82, 2.24) is 14.7 Å². The van der Waals surface area contributed by atoms with E-state index in [4.69, 9.17) is 11.5 Å². The Kier molecular flexibility index (Phi) is 7.15. The summed E-state index contributed by atoms with van der Waals surface area (Å²) in [5.41, 5.74) is 14.5. The minimum Gasteiger partial charge on any atom is -0.395 e. The largest absolute Gasteiger partial charge is 0.395 e. The Morgan fingerprint density at radius 1 is 1.13 bits per heavy atom. The van der Waals surface area contributed by atoms with Gasteiger partial charge in [0.05, 0.1) is 5.69 Å². The van der Waals surface area contributed by atoms with Gasteiger partial charge in [0.1, 0.15) is 10.9 Å². The number of carbonyl (C=O) groups excluding carboxylic acids is 3. The lowest BCUT2D eigenvalue weighted by Gasteiger charge is -2.32. The number of benzene rings is 2. The summed E-state index contributed by atoms with van der Waals surface area (Å²) >= 11 is 0.800. The van der Waals surface area contributed by atoms with E-state index >= 15 is 0 Å². The molecule has 2 heterocycles. The Morgan fingerprint density at radius 2 is 1.84 bits per heavy atom. The van der Waals surface area contributed by atoms with Crippen LogP contribution in [-0.2, 0) is 11.2 Å². The summed E-state index contributed by atoms with van der Waals surface area (Å²) in [5, 5.41) is 4.02. The number of nitrogen functional groups attached to an aromatic ring is 1. The molecule has 0 bridgehead atoms. The van der Waals surface area contributed by atoms with Gasteiger partial charge in [-0.15, -0.1) is 0 Å². The molecule has 1 saturated carbocycles. The number of nitrogens with two attached hydrogens (primary N) is 2. The van der Waals surface area contributed by atoms with Gasteiger partial charge in [0.25, 0.3) is 11.8 Å². The number of aromatic amines is 1. The smallest absolute Gasteiger partial charge is 0.273 e. The molecule has 1 fully saturated rings. The van der Waals surface area contributed by atoms with Crippen LogP contribution < -0.4 is 21.7 Å². The molecule has 0 aliphatic heterocycles. The molecule has 6 N–H and O–H groups in total. The summed E-state index contributed by atoms with van der Waals surface area (Å²) in [6.45, 7) is 2.05. The number of anilines is 2. The van der Waals surface area contributed by atoms with Gasteiger partial charge in [0, 0.05) is 34.4 Å². The van der Waals surface area contributed by atoms with Crippen LogP contribution in [0.25, 0.3) is 10.9 Å². The van der Waals surface area contributed by atoms with Gasteiger partial charge in [-0.2, -0.15) is 4.37 Å². The van der Waals surface area contributed by atoms with Gasteiger partial charge >= 0.3 is 0 Å². The maximum Gasteiger partial charge on any atom is 0.273 e. The van der Waals surface area contributed by atoms with Crippen LogP contribution in [0.3, 0.4) is 0 Å². The topological polar surface area (TPSA) is 147 Å². The summed E-state index contributed by atoms with van der Waals surface area (Å²) in [5.74, 6) is -1.63. The molecule has 38 heavy (non-hydrogen) atoms. The average molecular weight is 531 g/mol. The number of hydrogen-bond donors (Lipinski definition) is 4. The standard InChI is InChI=1S/C28H30N6O3S/c1-2-16-11-13-18(14-12-16)34(28(37)25-22(29)23(26(30)35)33-38-25)24(27(36)32-17-7-3-4-8-17)20-15-31-21-10-6-5-9-19(20)21/h5-6,9-15,17,24,31H,2-4,7-8,29H2,1H3,(H2,30,35)(H,32,36)/t24-/m0/s1. The van der Waals surface area contributed by atoms with E-state index in [1.807, 2.05) is 55.5 Å². The number of amides is 3. The van der Waals surface area contributed by atoms with E-state index in [1.54, 1.807) is 6.20 Å². The quantitative estimate of drug-likeness (QED) is 0.268. The third kappa shape index (κ3) is 4.74. The Bertz CT molecular complexity index is 1490. The molecule has 4 aromatic rings. The molecule has 196 valence electrons. The second-order valence-corrected chi connectivity index (χ2v) is 10.3. The van der Waals surface area contributed by atoms with Crippen molar-refractivity contribution in [3.05, 3.63) is 76.4 Å². The number of fused-ring (bicyclic) bond motifs is 1. The highest BCUT2D eigenvalue weighted by Gasteiger charge is 2.38. The average Bonchev–Trinajstić information content (AvgIpc) is 3.67. The maximum absolute atomic E-state index is 14.2. The molecule has 1 aliphatic carbocycles. The first kappa shape index (κ1) is 25.5. The molecule has 0 unspecified atom stereocenters. The molecule has 0 saturated heterocycles. The molecule has 0 radical (unpaired) electrons. The van der Waals surface area contributed by atoms with Crippen molar-refractivity contribution in [2.75, 3.05) is 10.6 Å². The molecule has 3 amide bonds. The number of nitrogens with zero attached hydrogens (tertiary/aromatic N) is 2. The van der Waals surface area contributed by atoms with Gasteiger partial charge < -0.3 is 21.8 Å². The molecule has 9 nitrogen and oxygen atoms in total. The van der Waals surface area contributed by atoms with Crippen molar-refractivity contribution >= 4 is 51.5 Å². The third-order valence-electron chi connectivity index (χ3n) is 7.12. The number of para-hydroxylation sites is 1. The van der Waals surface area contributed by atoms with Crippen LogP contribution in [0.2, 0.25) is 0 Å². The summed E-state index contributed by atoms with van der Waals surface area (Å²) in [7, 11) is 0. The highest BCUT2D eigenvalue weighted by molar-refractivity contribution is 7.09. The van der Waals surface area contributed by atoms with E-state index in [1.165, 1.54) is 4.90 Å². The number of aryl methyl sites for hydroxylation is 1. The van der Waals surface area contributed by atoms with E-state index in [0.717, 1.165) is 60.1 Å². The zero-order valence-corrected chi connectivity index (χ0v) is 21.9. The number of carbonyl (C=O) groups is 3. The second-order valence-electron chi connectivity index (χ2n) is 9.52. The van der Waals surface area contributed by atoms with Crippen molar-refractivity contribution < 1.29 is 14.4 Å². The van der Waals surface area contributed by atoms with Crippen LogP contribution in [0.5, 0.6) is 0 Å². The third-order valence-corrected chi connectivity index (χ3v) is 7.97. The Labute approximate surface area is 224 Å². The van der Waals surface area contributed by atoms with E-state index in [-0.39, 0.29) is 28.2 Å². The fourth-order valence-electron chi connectivity index (χ4n) is 5.08. The molecule has 5 rings (SSSR count).